The molecule has 0 saturated heterocycles. The number of hydrogen-bond acceptors (Lipinski definition) is 1. The molecular formula is C41H26N4. The third-order valence-corrected chi connectivity index (χ3v) is 9.25. The van der Waals surface area contributed by atoms with Gasteiger partial charge in [-0.05, 0) is 54.6 Å². The van der Waals surface area contributed by atoms with Gasteiger partial charge in [-0.15, -0.1) is 0 Å². The molecule has 10 aromatic rings. The molecule has 0 aliphatic heterocycles. The lowest BCUT2D eigenvalue weighted by Gasteiger charge is -2.12. The van der Waals surface area contributed by atoms with Crippen molar-refractivity contribution in [1.29, 1.82) is 0 Å². The molecule has 0 aliphatic carbocycles. The topological polar surface area (TPSA) is 27.7 Å². The lowest BCUT2D eigenvalue weighted by atomic mass is 10.1. The molecule has 0 N–H and O–H groups in total. The van der Waals surface area contributed by atoms with E-state index in [1.807, 2.05) is 0 Å². The molecule has 0 bridgehead atoms. The van der Waals surface area contributed by atoms with Crippen LogP contribution in [-0.2, 0) is 0 Å². The Morgan fingerprint density at radius 2 is 0.644 bits per heavy atom. The largest absolute Gasteiger partial charge is 0.309 e. The van der Waals surface area contributed by atoms with Gasteiger partial charge in [-0.2, -0.15) is 0 Å². The van der Waals surface area contributed by atoms with Crippen LogP contribution < -0.4 is 0 Å². The van der Waals surface area contributed by atoms with Crippen molar-refractivity contribution in [3.8, 4) is 17.3 Å². The zero-order chi connectivity index (χ0) is 29.5. The van der Waals surface area contributed by atoms with Crippen LogP contribution in [0.4, 0.5) is 0 Å². The monoisotopic (exact) mass is 574 g/mol. The zero-order valence-corrected chi connectivity index (χ0v) is 24.3. The van der Waals surface area contributed by atoms with E-state index in [0.29, 0.717) is 0 Å². The van der Waals surface area contributed by atoms with Crippen molar-refractivity contribution in [2.24, 2.45) is 0 Å². The molecule has 0 saturated carbocycles. The quantitative estimate of drug-likeness (QED) is 0.206. The molecule has 0 radical (unpaired) electrons. The maximum Gasteiger partial charge on any atom is 0.140 e. The first kappa shape index (κ1) is 24.3. The highest BCUT2D eigenvalue weighted by molar-refractivity contribution is 6.16. The van der Waals surface area contributed by atoms with Crippen LogP contribution >= 0.6 is 0 Å². The third-order valence-electron chi connectivity index (χ3n) is 9.25. The molecular weight excluding hydrogens is 548 g/mol. The van der Waals surface area contributed by atoms with Crippen LogP contribution in [0.5, 0.6) is 0 Å². The van der Waals surface area contributed by atoms with Crippen molar-refractivity contribution in [3.05, 3.63) is 158 Å². The summed E-state index contributed by atoms with van der Waals surface area (Å²) in [5.74, 6) is 1.79. The molecule has 0 fully saturated rings. The van der Waals surface area contributed by atoms with E-state index in [4.69, 9.17) is 4.98 Å². The summed E-state index contributed by atoms with van der Waals surface area (Å²) in [5.41, 5.74) is 8.14. The summed E-state index contributed by atoms with van der Waals surface area (Å²) in [6.07, 6.45) is 0. The smallest absolute Gasteiger partial charge is 0.140 e. The normalized spacial score (nSPS) is 12.0. The van der Waals surface area contributed by atoms with E-state index in [-0.39, 0.29) is 0 Å². The lowest BCUT2D eigenvalue weighted by Crippen LogP contribution is -2.03. The molecule has 0 atom stereocenters. The average molecular weight is 575 g/mol. The highest BCUT2D eigenvalue weighted by Gasteiger charge is 2.20. The molecule has 210 valence electrons. The number of hydrogen-bond donors (Lipinski definition) is 0. The van der Waals surface area contributed by atoms with Gasteiger partial charge in [0.05, 0.1) is 38.8 Å². The molecule has 4 aromatic heterocycles. The fourth-order valence-electron chi connectivity index (χ4n) is 7.45. The Kier molecular flexibility index (Phi) is 4.96. The summed E-state index contributed by atoms with van der Waals surface area (Å²) in [5, 5.41) is 7.39. The number of rotatable bonds is 3. The summed E-state index contributed by atoms with van der Waals surface area (Å²) < 4.78 is 7.02. The van der Waals surface area contributed by atoms with Crippen molar-refractivity contribution < 1.29 is 0 Å². The second-order valence-corrected chi connectivity index (χ2v) is 11.6. The van der Waals surface area contributed by atoms with Crippen LogP contribution in [-0.4, -0.2) is 18.7 Å². The summed E-state index contributed by atoms with van der Waals surface area (Å²) in [6, 6.07) is 56.3. The third kappa shape index (κ3) is 3.34. The number of pyridine rings is 1. The molecule has 4 nitrogen and oxygen atoms in total. The van der Waals surface area contributed by atoms with Crippen LogP contribution in [0.1, 0.15) is 0 Å². The second-order valence-electron chi connectivity index (χ2n) is 11.6. The fraction of sp³-hybridized carbons (Fsp3) is 0. The minimum Gasteiger partial charge on any atom is -0.309 e. The van der Waals surface area contributed by atoms with Crippen molar-refractivity contribution in [1.82, 2.24) is 18.7 Å². The predicted octanol–water partition coefficient (Wildman–Crippen LogP) is 10.4. The Balaban J connectivity index is 1.28. The van der Waals surface area contributed by atoms with Crippen LogP contribution in [0, 0.1) is 0 Å². The number of fused-ring (bicyclic) bond motifs is 9. The standard InChI is InChI=1S/C41H26N4/c1-6-18-32-27(13-1)28-14-2-7-19-33(28)43(32)37-23-11-24-38-41(37)31-17-5-10-22-36(31)45(38)40-26-12-25-39(42-40)44-34-20-8-3-15-29(34)30-16-4-9-21-35(30)44/h1-26H. The molecule has 0 spiro atoms. The highest BCUT2D eigenvalue weighted by atomic mass is 15.1. The van der Waals surface area contributed by atoms with Crippen LogP contribution in [0.2, 0.25) is 0 Å². The van der Waals surface area contributed by atoms with Gasteiger partial charge in [0.25, 0.3) is 0 Å². The molecule has 45 heavy (non-hydrogen) atoms. The highest BCUT2D eigenvalue weighted by Crippen LogP contribution is 2.40. The summed E-state index contributed by atoms with van der Waals surface area (Å²) in [6.45, 7) is 0. The predicted molar refractivity (Wildman–Crippen MR) is 187 cm³/mol. The fourth-order valence-corrected chi connectivity index (χ4v) is 7.45. The van der Waals surface area contributed by atoms with E-state index >= 15 is 0 Å². The van der Waals surface area contributed by atoms with E-state index in [9.17, 15) is 0 Å². The molecule has 6 aromatic carbocycles. The van der Waals surface area contributed by atoms with Crippen LogP contribution in [0.3, 0.4) is 0 Å². The molecule has 4 heterocycles. The van der Waals surface area contributed by atoms with E-state index < -0.39 is 0 Å². The Morgan fingerprint density at radius 1 is 0.289 bits per heavy atom. The Morgan fingerprint density at radius 3 is 1.16 bits per heavy atom. The SMILES string of the molecule is c1cc(-n2c3ccccc3c3ccccc32)nc(-n2c3ccccc3c3c(-n4c5ccccc5c5ccccc54)cccc32)c1. The van der Waals surface area contributed by atoms with E-state index in [2.05, 4.69) is 171 Å². The molecule has 10 rings (SSSR count). The first-order valence-electron chi connectivity index (χ1n) is 15.3. The molecule has 0 unspecified atom stereocenters. The Labute approximate surface area is 258 Å². The Hall–Kier alpha value is -6.13. The molecule has 4 heteroatoms. The first-order chi connectivity index (χ1) is 22.4. The molecule has 0 aliphatic rings. The van der Waals surface area contributed by atoms with Gasteiger partial charge in [0.15, 0.2) is 0 Å². The van der Waals surface area contributed by atoms with Gasteiger partial charge in [-0.25, -0.2) is 4.98 Å². The van der Waals surface area contributed by atoms with Crippen molar-refractivity contribution >= 4 is 65.4 Å². The number of nitrogens with zero attached hydrogens (tertiary/aromatic N) is 4. The van der Waals surface area contributed by atoms with Crippen LogP contribution in [0.15, 0.2) is 158 Å². The van der Waals surface area contributed by atoms with Gasteiger partial charge in [-0.1, -0.05) is 103 Å². The minimum atomic E-state index is 0.889. The van der Waals surface area contributed by atoms with Gasteiger partial charge < -0.3 is 4.57 Å². The molecule has 0 amide bonds. The van der Waals surface area contributed by atoms with Crippen molar-refractivity contribution in [3.63, 3.8) is 0 Å². The number of para-hydroxylation sites is 5. The van der Waals surface area contributed by atoms with Gasteiger partial charge in [-0.3, -0.25) is 9.13 Å². The second kappa shape index (κ2) is 9.18. The van der Waals surface area contributed by atoms with Gasteiger partial charge in [0.2, 0.25) is 0 Å². The zero-order valence-electron chi connectivity index (χ0n) is 24.3. The summed E-state index contributed by atoms with van der Waals surface area (Å²) in [4.78, 5) is 5.37. The van der Waals surface area contributed by atoms with E-state index in [0.717, 1.165) is 33.7 Å². The summed E-state index contributed by atoms with van der Waals surface area (Å²) >= 11 is 0. The van der Waals surface area contributed by atoms with Crippen LogP contribution in [0.25, 0.3) is 82.7 Å². The first-order valence-corrected chi connectivity index (χ1v) is 15.3. The Bertz CT molecular complexity index is 2670. The lowest BCUT2D eigenvalue weighted by molar-refractivity contribution is 1.01. The maximum absolute atomic E-state index is 5.37. The summed E-state index contributed by atoms with van der Waals surface area (Å²) in [7, 11) is 0. The minimum absolute atomic E-state index is 0.889. The maximum atomic E-state index is 5.37. The van der Waals surface area contributed by atoms with E-state index in [1.165, 1.54) is 49.0 Å². The average Bonchev–Trinajstić information content (AvgIpc) is 3.74. The van der Waals surface area contributed by atoms with E-state index in [1.54, 1.807) is 0 Å². The van der Waals surface area contributed by atoms with Crippen molar-refractivity contribution in [2.45, 2.75) is 0 Å². The van der Waals surface area contributed by atoms with Gasteiger partial charge in [0.1, 0.15) is 11.6 Å². The van der Waals surface area contributed by atoms with Gasteiger partial charge >= 0.3 is 0 Å². The number of benzene rings is 6. The van der Waals surface area contributed by atoms with Gasteiger partial charge in [0, 0.05) is 32.3 Å². The number of aromatic nitrogens is 4. The van der Waals surface area contributed by atoms with Crippen molar-refractivity contribution in [2.75, 3.05) is 0 Å².